The monoisotopic (exact) mass is 281 g/mol. The van der Waals surface area contributed by atoms with Crippen molar-refractivity contribution in [3.63, 3.8) is 0 Å². The molecule has 0 unspecified atom stereocenters. The Morgan fingerprint density at radius 1 is 1.21 bits per heavy atom. The van der Waals surface area contributed by atoms with Crippen LogP contribution in [0, 0.1) is 0 Å². The maximum atomic E-state index is 12.2. The van der Waals surface area contributed by atoms with E-state index in [0.717, 1.165) is 11.3 Å². The number of carbonyl (C=O) groups excluding carboxylic acids is 1. The Morgan fingerprint density at radius 3 is 2.53 bits per heavy atom. The molecule has 0 radical (unpaired) electrons. The number of rotatable bonds is 7. The Hall–Kier alpha value is -0.830. The largest absolute Gasteiger partial charge is 0.347 e. The van der Waals surface area contributed by atoms with Crippen molar-refractivity contribution in [3.05, 3.63) is 21.9 Å². The predicted molar refractivity (Wildman–Crippen MR) is 84.0 cm³/mol. The molecule has 1 amide bonds. The van der Waals surface area contributed by atoms with Gasteiger partial charge < -0.3 is 5.32 Å². The van der Waals surface area contributed by atoms with Crippen molar-refractivity contribution in [1.82, 2.24) is 5.32 Å². The third kappa shape index (κ3) is 6.24. The van der Waals surface area contributed by atoms with Crippen molar-refractivity contribution < 1.29 is 4.79 Å². The van der Waals surface area contributed by atoms with Gasteiger partial charge in [0.15, 0.2) is 0 Å². The number of thiophene rings is 1. The fourth-order valence-electron chi connectivity index (χ4n) is 2.05. The van der Waals surface area contributed by atoms with E-state index in [0.29, 0.717) is 0 Å². The van der Waals surface area contributed by atoms with Gasteiger partial charge in [-0.05, 0) is 50.6 Å². The highest BCUT2D eigenvalue weighted by molar-refractivity contribution is 7.12. The smallest absolute Gasteiger partial charge is 0.262 e. The van der Waals surface area contributed by atoms with Crippen molar-refractivity contribution >= 4 is 17.2 Å². The van der Waals surface area contributed by atoms with Gasteiger partial charge in [-0.25, -0.2) is 0 Å². The fourth-order valence-corrected chi connectivity index (χ4v) is 2.90. The first-order valence-electron chi connectivity index (χ1n) is 7.33. The molecule has 1 rings (SSSR count). The molecule has 1 heterocycles. The molecule has 0 saturated carbocycles. The minimum absolute atomic E-state index is 0.0751. The zero-order valence-electron chi connectivity index (χ0n) is 12.7. The van der Waals surface area contributed by atoms with E-state index < -0.39 is 0 Å². The second kappa shape index (κ2) is 7.68. The van der Waals surface area contributed by atoms with E-state index in [9.17, 15) is 4.79 Å². The van der Waals surface area contributed by atoms with Crippen LogP contribution in [0.2, 0.25) is 0 Å². The Balaban J connectivity index is 2.48. The molecule has 0 aromatic carbocycles. The number of nitrogens with one attached hydrogen (secondary N) is 1. The van der Waals surface area contributed by atoms with Gasteiger partial charge in [0.25, 0.3) is 5.91 Å². The molecule has 0 fully saturated rings. The summed E-state index contributed by atoms with van der Waals surface area (Å²) in [5.41, 5.74) is 1.04. The third-order valence-corrected chi connectivity index (χ3v) is 3.95. The fraction of sp³-hybridized carbons (Fsp3) is 0.688. The summed E-state index contributed by atoms with van der Waals surface area (Å²) in [6.45, 7) is 8.28. The van der Waals surface area contributed by atoms with Gasteiger partial charge in [0, 0.05) is 5.54 Å². The van der Waals surface area contributed by atoms with Crippen LogP contribution in [0.25, 0.3) is 0 Å². The van der Waals surface area contributed by atoms with E-state index in [2.05, 4.69) is 18.3 Å². The average Bonchev–Trinajstić information content (AvgIpc) is 2.75. The molecule has 0 aliphatic carbocycles. The SMILES string of the molecule is CCCCCCCc1ccsc1C(=O)NC(C)(C)C. The molecule has 1 aromatic heterocycles. The molecule has 0 bridgehead atoms. The van der Waals surface area contributed by atoms with Crippen LogP contribution >= 0.6 is 11.3 Å². The lowest BCUT2D eigenvalue weighted by atomic mass is 10.0. The van der Waals surface area contributed by atoms with Crippen LogP contribution in [0.3, 0.4) is 0 Å². The second-order valence-corrected chi connectivity index (χ2v) is 7.06. The van der Waals surface area contributed by atoms with Gasteiger partial charge in [0.05, 0.1) is 4.88 Å². The van der Waals surface area contributed by atoms with Gasteiger partial charge in [-0.2, -0.15) is 0 Å². The zero-order valence-corrected chi connectivity index (χ0v) is 13.5. The highest BCUT2D eigenvalue weighted by Gasteiger charge is 2.18. The van der Waals surface area contributed by atoms with Crippen molar-refractivity contribution in [3.8, 4) is 0 Å². The molecule has 0 spiro atoms. The number of amides is 1. The Bertz CT molecular complexity index is 390. The Labute approximate surface area is 121 Å². The molecule has 0 aliphatic rings. The van der Waals surface area contributed by atoms with Crippen LogP contribution in [-0.4, -0.2) is 11.4 Å². The summed E-state index contributed by atoms with van der Waals surface area (Å²) in [6.07, 6.45) is 7.39. The third-order valence-electron chi connectivity index (χ3n) is 2.99. The minimum atomic E-state index is -0.167. The van der Waals surface area contributed by atoms with Crippen LogP contribution < -0.4 is 5.32 Å². The summed E-state index contributed by atoms with van der Waals surface area (Å²) < 4.78 is 0. The zero-order chi connectivity index (χ0) is 14.3. The molecule has 0 aliphatic heterocycles. The summed E-state index contributed by atoms with van der Waals surface area (Å²) in [6, 6.07) is 2.10. The standard InChI is InChI=1S/C16H27NOS/c1-5-6-7-8-9-10-13-11-12-19-14(13)15(18)17-16(2,3)4/h11-12H,5-10H2,1-4H3,(H,17,18). The molecule has 0 saturated heterocycles. The molecule has 19 heavy (non-hydrogen) atoms. The van der Waals surface area contributed by atoms with Gasteiger partial charge in [0.1, 0.15) is 0 Å². The van der Waals surface area contributed by atoms with Crippen LogP contribution in [-0.2, 0) is 6.42 Å². The first kappa shape index (κ1) is 16.2. The molecule has 1 N–H and O–H groups in total. The molecule has 0 atom stereocenters. The molecule has 108 valence electrons. The number of unbranched alkanes of at least 4 members (excludes halogenated alkanes) is 4. The molecular formula is C16H27NOS. The molecule has 1 aromatic rings. The maximum Gasteiger partial charge on any atom is 0.262 e. The Morgan fingerprint density at radius 2 is 1.89 bits per heavy atom. The Kier molecular flexibility index (Phi) is 6.56. The maximum absolute atomic E-state index is 12.2. The molecule has 2 nitrogen and oxygen atoms in total. The van der Waals surface area contributed by atoms with Crippen LogP contribution in [0.1, 0.15) is 75.0 Å². The number of hydrogen-bond donors (Lipinski definition) is 1. The first-order chi connectivity index (χ1) is 8.94. The normalized spacial score (nSPS) is 11.6. The number of carbonyl (C=O) groups is 1. The lowest BCUT2D eigenvalue weighted by Crippen LogP contribution is -2.40. The van der Waals surface area contributed by atoms with E-state index in [1.807, 2.05) is 26.2 Å². The van der Waals surface area contributed by atoms with Gasteiger partial charge in [-0.15, -0.1) is 11.3 Å². The summed E-state index contributed by atoms with van der Waals surface area (Å²) in [5.74, 6) is 0.0751. The van der Waals surface area contributed by atoms with Crippen LogP contribution in [0.15, 0.2) is 11.4 Å². The van der Waals surface area contributed by atoms with Gasteiger partial charge in [0.2, 0.25) is 0 Å². The van der Waals surface area contributed by atoms with Gasteiger partial charge >= 0.3 is 0 Å². The topological polar surface area (TPSA) is 29.1 Å². The predicted octanol–water partition coefficient (Wildman–Crippen LogP) is 4.79. The highest BCUT2D eigenvalue weighted by Crippen LogP contribution is 2.20. The van der Waals surface area contributed by atoms with E-state index in [-0.39, 0.29) is 11.4 Å². The van der Waals surface area contributed by atoms with E-state index in [1.165, 1.54) is 37.7 Å². The van der Waals surface area contributed by atoms with E-state index in [4.69, 9.17) is 0 Å². The quantitative estimate of drug-likeness (QED) is 0.715. The second-order valence-electron chi connectivity index (χ2n) is 6.14. The van der Waals surface area contributed by atoms with Gasteiger partial charge in [-0.1, -0.05) is 32.6 Å². The van der Waals surface area contributed by atoms with Crippen molar-refractivity contribution in [2.45, 2.75) is 71.8 Å². The van der Waals surface area contributed by atoms with Crippen molar-refractivity contribution in [2.75, 3.05) is 0 Å². The lowest BCUT2D eigenvalue weighted by Gasteiger charge is -2.20. The summed E-state index contributed by atoms with van der Waals surface area (Å²) >= 11 is 1.55. The summed E-state index contributed by atoms with van der Waals surface area (Å²) in [4.78, 5) is 13.1. The van der Waals surface area contributed by atoms with E-state index >= 15 is 0 Å². The summed E-state index contributed by atoms with van der Waals surface area (Å²) in [5, 5.41) is 5.07. The van der Waals surface area contributed by atoms with Crippen molar-refractivity contribution in [1.29, 1.82) is 0 Å². The molecule has 3 heteroatoms. The van der Waals surface area contributed by atoms with E-state index in [1.54, 1.807) is 11.3 Å². The lowest BCUT2D eigenvalue weighted by molar-refractivity contribution is 0.0923. The first-order valence-corrected chi connectivity index (χ1v) is 8.21. The highest BCUT2D eigenvalue weighted by atomic mass is 32.1. The minimum Gasteiger partial charge on any atom is -0.347 e. The van der Waals surface area contributed by atoms with Crippen LogP contribution in [0.5, 0.6) is 0 Å². The molecular weight excluding hydrogens is 254 g/mol. The summed E-state index contributed by atoms with van der Waals surface area (Å²) in [7, 11) is 0. The average molecular weight is 281 g/mol. The number of aryl methyl sites for hydroxylation is 1. The van der Waals surface area contributed by atoms with Gasteiger partial charge in [-0.3, -0.25) is 4.79 Å². The van der Waals surface area contributed by atoms with Crippen LogP contribution in [0.4, 0.5) is 0 Å². The van der Waals surface area contributed by atoms with Crippen molar-refractivity contribution in [2.24, 2.45) is 0 Å². The number of hydrogen-bond acceptors (Lipinski definition) is 2.